The Morgan fingerprint density at radius 3 is 1.78 bits per heavy atom. The molecule has 0 aromatic carbocycles. The van der Waals surface area contributed by atoms with Gasteiger partial charge in [0.05, 0.1) is 6.54 Å². The summed E-state index contributed by atoms with van der Waals surface area (Å²) in [7, 11) is 0. The number of amides is 1. The molecule has 0 aliphatic rings. The number of allylic oxidation sites excluding steroid dienone is 3. The van der Waals surface area contributed by atoms with Crippen molar-refractivity contribution < 1.29 is 15.3 Å². The first-order chi connectivity index (χ1) is 13.2. The molecule has 0 aromatic heterocycles. The number of unbranched alkanes of at least 4 members (excludes halogenated alkanes) is 10. The Labute approximate surface area is 168 Å². The van der Waals surface area contributed by atoms with Crippen molar-refractivity contribution in [3.63, 3.8) is 0 Å². The number of ketones is 1. The van der Waals surface area contributed by atoms with E-state index < -0.39 is 0 Å². The minimum atomic E-state index is -0.187. The fourth-order valence-electron chi connectivity index (χ4n) is 2.53. The predicted octanol–water partition coefficient (Wildman–Crippen LogP) is 4.75. The van der Waals surface area contributed by atoms with Crippen LogP contribution in [0.5, 0.6) is 0 Å². The Balaban J connectivity index is 0. The van der Waals surface area contributed by atoms with Gasteiger partial charge in [-0.25, -0.2) is 0 Å². The summed E-state index contributed by atoms with van der Waals surface area (Å²) in [5, 5.41) is 2.53. The van der Waals surface area contributed by atoms with Crippen LogP contribution in [0.4, 0.5) is 0 Å². The molecule has 27 heavy (non-hydrogen) atoms. The minimum Gasteiger partial charge on any atom is -0.350 e. The molecule has 0 unspecified atom stereocenters. The number of hydrogen-bond acceptors (Lipinski definition) is 2. The van der Waals surface area contributed by atoms with Crippen LogP contribution in [0.25, 0.3) is 0 Å². The third-order valence-electron chi connectivity index (χ3n) is 4.12. The lowest BCUT2D eigenvalue weighted by molar-refractivity contribution is -0.355. The van der Waals surface area contributed by atoms with Gasteiger partial charge in [0, 0.05) is 0 Å². The lowest BCUT2D eigenvalue weighted by Crippen LogP contribution is -2.57. The molecule has 4 nitrogen and oxygen atoms in total. The fourth-order valence-corrected chi connectivity index (χ4v) is 2.53. The van der Waals surface area contributed by atoms with Gasteiger partial charge >= 0.3 is 0 Å². The zero-order valence-corrected chi connectivity index (χ0v) is 18.2. The van der Waals surface area contributed by atoms with Gasteiger partial charge < -0.3 is 11.1 Å². The Morgan fingerprint density at radius 1 is 0.778 bits per heavy atom. The van der Waals surface area contributed by atoms with Gasteiger partial charge in [0.25, 0.3) is 5.91 Å². The van der Waals surface area contributed by atoms with Crippen molar-refractivity contribution in [3.8, 4) is 0 Å². The summed E-state index contributed by atoms with van der Waals surface area (Å²) in [4.78, 5) is 22.4. The van der Waals surface area contributed by atoms with Gasteiger partial charge in [0.2, 0.25) is 0 Å². The van der Waals surface area contributed by atoms with Gasteiger partial charge in [0.1, 0.15) is 0 Å². The van der Waals surface area contributed by atoms with Crippen molar-refractivity contribution in [2.75, 3.05) is 13.1 Å². The van der Waals surface area contributed by atoms with E-state index in [0.29, 0.717) is 0 Å². The highest BCUT2D eigenvalue weighted by molar-refractivity contribution is 5.93. The summed E-state index contributed by atoms with van der Waals surface area (Å²) in [5.74, 6) is -0.239. The van der Waals surface area contributed by atoms with E-state index >= 15 is 0 Å². The van der Waals surface area contributed by atoms with E-state index in [0.717, 1.165) is 12.8 Å². The van der Waals surface area contributed by atoms with Crippen molar-refractivity contribution in [2.24, 2.45) is 0 Å². The molecule has 4 heteroatoms. The molecular formula is C23H45N2O2+. The monoisotopic (exact) mass is 381 g/mol. The van der Waals surface area contributed by atoms with E-state index in [9.17, 15) is 9.59 Å². The first-order valence-corrected chi connectivity index (χ1v) is 11.1. The average Bonchev–Trinajstić information content (AvgIpc) is 2.70. The van der Waals surface area contributed by atoms with E-state index in [2.05, 4.69) is 30.1 Å². The van der Waals surface area contributed by atoms with Crippen LogP contribution in [0.15, 0.2) is 24.3 Å². The molecule has 0 bridgehead atoms. The van der Waals surface area contributed by atoms with Crippen molar-refractivity contribution in [2.45, 2.75) is 97.8 Å². The molecule has 0 rings (SSSR count). The van der Waals surface area contributed by atoms with Crippen LogP contribution < -0.4 is 11.1 Å². The van der Waals surface area contributed by atoms with Crippen LogP contribution in [0, 0.1) is 0 Å². The maximum Gasteiger partial charge on any atom is 0.275 e. The molecule has 0 saturated heterocycles. The molecule has 0 aliphatic carbocycles. The fraction of sp³-hybridized carbons (Fsp3) is 0.739. The Hall–Kier alpha value is -1.42. The molecule has 0 radical (unpaired) electrons. The topological polar surface area (TPSA) is 73.8 Å². The first kappa shape index (κ1) is 27.8. The van der Waals surface area contributed by atoms with E-state index in [1.165, 1.54) is 64.2 Å². The Morgan fingerprint density at radius 2 is 1.26 bits per heavy atom. The zero-order chi connectivity index (χ0) is 20.6. The molecule has 158 valence electrons. The van der Waals surface area contributed by atoms with E-state index in [4.69, 9.17) is 0 Å². The number of hydrogen-bond donors (Lipinski definition) is 2. The van der Waals surface area contributed by atoms with Crippen molar-refractivity contribution in [3.05, 3.63) is 24.3 Å². The molecular weight excluding hydrogens is 336 g/mol. The van der Waals surface area contributed by atoms with Gasteiger partial charge in [-0.1, -0.05) is 77.5 Å². The number of nitrogens with one attached hydrogen (secondary N) is 1. The highest BCUT2D eigenvalue weighted by Crippen LogP contribution is 2.09. The maximum absolute atomic E-state index is 11.5. The third kappa shape index (κ3) is 24.6. The summed E-state index contributed by atoms with van der Waals surface area (Å²) >= 11 is 0. The second-order valence-corrected chi connectivity index (χ2v) is 6.56. The number of carbonyl (C=O) groups excluding carboxylic acids is 2. The van der Waals surface area contributed by atoms with E-state index in [1.807, 2.05) is 19.9 Å². The van der Waals surface area contributed by atoms with Gasteiger partial charge in [-0.15, -0.1) is 0 Å². The van der Waals surface area contributed by atoms with Crippen LogP contribution >= 0.6 is 0 Å². The average molecular weight is 382 g/mol. The predicted molar refractivity (Wildman–Crippen MR) is 116 cm³/mol. The second-order valence-electron chi connectivity index (χ2n) is 6.56. The molecule has 0 spiro atoms. The highest BCUT2D eigenvalue weighted by Gasteiger charge is 2.01. The quantitative estimate of drug-likeness (QED) is 0.217. The standard InChI is InChI=1S/C21H38N2O2.C2H6/c1-2-3-4-5-6-7-8-9-10-11-12-13-14-15-16-17-20(24)19-23-21(25)18-22;1-2/h7-8,16-17H,2-6,9-15,18-19,22H2,1H3,(H,23,25);1-2H3/p+1/b8-7-,17-16+;. The summed E-state index contributed by atoms with van der Waals surface area (Å²) in [6.45, 7) is 6.50. The molecule has 0 fully saturated rings. The Kier molecular flexibility index (Phi) is 25.3. The largest absolute Gasteiger partial charge is 0.350 e. The van der Waals surface area contributed by atoms with E-state index in [-0.39, 0.29) is 24.8 Å². The lowest BCUT2D eigenvalue weighted by Gasteiger charge is -1.99. The lowest BCUT2D eigenvalue weighted by atomic mass is 10.1. The van der Waals surface area contributed by atoms with Gasteiger partial charge in [-0.2, -0.15) is 0 Å². The molecule has 0 aliphatic heterocycles. The SMILES string of the molecule is CC.CCCCCC/C=C\CCCCCCC/C=C/C(=O)CNC(=O)C[NH3+]. The summed E-state index contributed by atoms with van der Waals surface area (Å²) in [6, 6.07) is 0. The minimum absolute atomic E-state index is 0.0525. The number of carbonyl (C=O) groups is 2. The van der Waals surface area contributed by atoms with Crippen molar-refractivity contribution in [1.82, 2.24) is 5.32 Å². The molecule has 1 amide bonds. The van der Waals surface area contributed by atoms with E-state index in [1.54, 1.807) is 6.08 Å². The summed E-state index contributed by atoms with van der Waals surface area (Å²) in [6.07, 6.45) is 23.1. The molecule has 0 saturated carbocycles. The van der Waals surface area contributed by atoms with Gasteiger partial charge in [-0.3, -0.25) is 9.59 Å². The number of rotatable bonds is 17. The Bertz CT molecular complexity index is 390. The third-order valence-corrected chi connectivity index (χ3v) is 4.12. The van der Waals surface area contributed by atoms with Crippen LogP contribution in [-0.2, 0) is 9.59 Å². The maximum atomic E-state index is 11.5. The normalized spacial score (nSPS) is 10.8. The van der Waals surface area contributed by atoms with Gasteiger partial charge in [-0.05, 0) is 44.6 Å². The molecule has 0 aromatic rings. The summed E-state index contributed by atoms with van der Waals surface area (Å²) in [5.41, 5.74) is 3.46. The van der Waals surface area contributed by atoms with Crippen LogP contribution in [-0.4, -0.2) is 24.8 Å². The van der Waals surface area contributed by atoms with Crippen LogP contribution in [0.2, 0.25) is 0 Å². The van der Waals surface area contributed by atoms with Crippen LogP contribution in [0.3, 0.4) is 0 Å². The van der Waals surface area contributed by atoms with Crippen molar-refractivity contribution >= 4 is 11.7 Å². The van der Waals surface area contributed by atoms with Crippen LogP contribution in [0.1, 0.15) is 97.8 Å². The molecule has 4 N–H and O–H groups in total. The second kappa shape index (κ2) is 24.6. The smallest absolute Gasteiger partial charge is 0.275 e. The number of quaternary nitrogens is 1. The molecule has 0 heterocycles. The van der Waals surface area contributed by atoms with Crippen molar-refractivity contribution in [1.29, 1.82) is 0 Å². The summed E-state index contributed by atoms with van der Waals surface area (Å²) < 4.78 is 0. The molecule has 0 atom stereocenters. The highest BCUT2D eigenvalue weighted by atomic mass is 16.2. The van der Waals surface area contributed by atoms with Gasteiger partial charge in [0.15, 0.2) is 12.3 Å². The zero-order valence-electron chi connectivity index (χ0n) is 18.2. The first-order valence-electron chi connectivity index (χ1n) is 11.1.